The summed E-state index contributed by atoms with van der Waals surface area (Å²) in [7, 11) is 0. The molecular weight excluding hydrogens is 204 g/mol. The molecule has 0 heterocycles. The average molecular weight is 224 g/mol. The van der Waals surface area contributed by atoms with Crippen LogP contribution in [-0.4, -0.2) is 16.5 Å². The van der Waals surface area contributed by atoms with Gasteiger partial charge < -0.3 is 5.11 Å². The number of aliphatic hydroxyl groups excluding tert-OH is 1. The van der Waals surface area contributed by atoms with Crippen LogP contribution in [0.25, 0.3) is 0 Å². The van der Waals surface area contributed by atoms with Crippen molar-refractivity contribution in [3.63, 3.8) is 0 Å². The number of hydrogen-bond donors (Lipinski definition) is 1. The smallest absolute Gasteiger partial charge is 0.0628 e. The molecule has 0 saturated heterocycles. The van der Waals surface area contributed by atoms with Crippen LogP contribution in [0.3, 0.4) is 0 Å². The van der Waals surface area contributed by atoms with E-state index >= 15 is 0 Å². The molecule has 2 unspecified atom stereocenters. The zero-order valence-electron chi connectivity index (χ0n) is 9.95. The molecule has 0 bridgehead atoms. The quantitative estimate of drug-likeness (QED) is 0.846. The molecule has 0 aliphatic carbocycles. The van der Waals surface area contributed by atoms with E-state index in [1.165, 1.54) is 16.7 Å². The van der Waals surface area contributed by atoms with Gasteiger partial charge in [0.05, 0.1) is 6.10 Å². The van der Waals surface area contributed by atoms with E-state index in [4.69, 9.17) is 0 Å². The van der Waals surface area contributed by atoms with Crippen LogP contribution < -0.4 is 0 Å². The first-order chi connectivity index (χ1) is 7.00. The Bertz CT molecular complexity index is 320. The van der Waals surface area contributed by atoms with E-state index in [9.17, 15) is 5.11 Å². The molecule has 1 rings (SSSR count). The summed E-state index contributed by atoms with van der Waals surface area (Å²) in [4.78, 5) is 0. The van der Waals surface area contributed by atoms with E-state index in [0.717, 1.165) is 5.75 Å². The maximum absolute atomic E-state index is 9.38. The third-order valence-corrected chi connectivity index (χ3v) is 4.18. The van der Waals surface area contributed by atoms with Crippen molar-refractivity contribution in [2.24, 2.45) is 0 Å². The fraction of sp³-hybridized carbons (Fsp3) is 0.538. The molecule has 0 saturated carbocycles. The minimum Gasteiger partial charge on any atom is -0.392 e. The molecule has 1 N–H and O–H groups in total. The predicted molar refractivity (Wildman–Crippen MR) is 68.4 cm³/mol. The highest BCUT2D eigenvalue weighted by atomic mass is 32.2. The molecule has 1 nitrogen and oxygen atoms in total. The summed E-state index contributed by atoms with van der Waals surface area (Å²) >= 11 is 1.80. The third-order valence-electron chi connectivity index (χ3n) is 2.76. The van der Waals surface area contributed by atoms with Crippen LogP contribution in [0.2, 0.25) is 0 Å². The van der Waals surface area contributed by atoms with Crippen molar-refractivity contribution in [1.82, 2.24) is 0 Å². The van der Waals surface area contributed by atoms with Gasteiger partial charge >= 0.3 is 0 Å². The first-order valence-corrected chi connectivity index (χ1v) is 6.41. The summed E-state index contributed by atoms with van der Waals surface area (Å²) in [6, 6.07) is 6.57. The van der Waals surface area contributed by atoms with E-state index in [-0.39, 0.29) is 6.10 Å². The SMILES string of the molecule is Cc1ccc(CSC(C)C(C)O)cc1C. The highest BCUT2D eigenvalue weighted by molar-refractivity contribution is 7.99. The summed E-state index contributed by atoms with van der Waals surface area (Å²) < 4.78 is 0. The molecule has 15 heavy (non-hydrogen) atoms. The second-order valence-corrected chi connectivity index (χ2v) is 5.54. The number of hydrogen-bond acceptors (Lipinski definition) is 2. The lowest BCUT2D eigenvalue weighted by Gasteiger charge is -2.14. The van der Waals surface area contributed by atoms with Crippen LogP contribution >= 0.6 is 11.8 Å². The minimum atomic E-state index is -0.235. The van der Waals surface area contributed by atoms with Gasteiger partial charge in [-0.15, -0.1) is 0 Å². The second-order valence-electron chi connectivity index (χ2n) is 4.18. The molecule has 0 aliphatic rings. The lowest BCUT2D eigenvalue weighted by molar-refractivity contribution is 0.196. The molecule has 2 atom stereocenters. The topological polar surface area (TPSA) is 20.2 Å². The first-order valence-electron chi connectivity index (χ1n) is 5.36. The molecule has 2 heteroatoms. The fourth-order valence-corrected chi connectivity index (χ4v) is 2.17. The van der Waals surface area contributed by atoms with Gasteiger partial charge in [-0.1, -0.05) is 25.1 Å². The van der Waals surface area contributed by atoms with Crippen LogP contribution in [0.1, 0.15) is 30.5 Å². The van der Waals surface area contributed by atoms with Crippen molar-refractivity contribution >= 4 is 11.8 Å². The Hall–Kier alpha value is -0.470. The molecule has 1 aromatic rings. The Labute approximate surface area is 96.9 Å². The van der Waals surface area contributed by atoms with Crippen LogP contribution in [0.15, 0.2) is 18.2 Å². The van der Waals surface area contributed by atoms with Gasteiger partial charge in [-0.05, 0) is 37.5 Å². The van der Waals surface area contributed by atoms with E-state index in [0.29, 0.717) is 5.25 Å². The van der Waals surface area contributed by atoms with Crippen molar-refractivity contribution in [2.45, 2.75) is 44.8 Å². The Morgan fingerprint density at radius 2 is 1.87 bits per heavy atom. The Morgan fingerprint density at radius 1 is 1.20 bits per heavy atom. The molecule has 0 spiro atoms. The van der Waals surface area contributed by atoms with Gasteiger partial charge in [0.2, 0.25) is 0 Å². The number of benzene rings is 1. The Morgan fingerprint density at radius 3 is 2.40 bits per heavy atom. The molecular formula is C13H20OS. The lowest BCUT2D eigenvalue weighted by atomic mass is 10.1. The van der Waals surface area contributed by atoms with Crippen LogP contribution in [0.4, 0.5) is 0 Å². The van der Waals surface area contributed by atoms with E-state index in [1.54, 1.807) is 11.8 Å². The number of rotatable bonds is 4. The molecule has 0 radical (unpaired) electrons. The van der Waals surface area contributed by atoms with Gasteiger partial charge in [-0.25, -0.2) is 0 Å². The highest BCUT2D eigenvalue weighted by Crippen LogP contribution is 2.21. The van der Waals surface area contributed by atoms with E-state index in [2.05, 4.69) is 39.0 Å². The third kappa shape index (κ3) is 3.88. The summed E-state index contributed by atoms with van der Waals surface area (Å²) in [6.45, 7) is 8.18. The number of aryl methyl sites for hydroxylation is 2. The minimum absolute atomic E-state index is 0.235. The van der Waals surface area contributed by atoms with Gasteiger partial charge in [0.15, 0.2) is 0 Å². The maximum atomic E-state index is 9.38. The second kappa shape index (κ2) is 5.57. The summed E-state index contributed by atoms with van der Waals surface area (Å²) in [5.74, 6) is 0.979. The Balaban J connectivity index is 2.55. The summed E-state index contributed by atoms with van der Waals surface area (Å²) in [5.41, 5.74) is 4.03. The lowest BCUT2D eigenvalue weighted by Crippen LogP contribution is -2.15. The van der Waals surface area contributed by atoms with Crippen molar-refractivity contribution in [1.29, 1.82) is 0 Å². The van der Waals surface area contributed by atoms with Gasteiger partial charge in [0.25, 0.3) is 0 Å². The number of aliphatic hydroxyl groups is 1. The zero-order valence-corrected chi connectivity index (χ0v) is 10.8. The van der Waals surface area contributed by atoms with Gasteiger partial charge in [-0.2, -0.15) is 11.8 Å². The molecule has 0 amide bonds. The standard InChI is InChI=1S/C13H20OS/c1-9-5-6-13(7-10(9)2)8-15-12(4)11(3)14/h5-7,11-12,14H,8H2,1-4H3. The van der Waals surface area contributed by atoms with Crippen LogP contribution in [-0.2, 0) is 5.75 Å². The maximum Gasteiger partial charge on any atom is 0.0628 e. The van der Waals surface area contributed by atoms with E-state index < -0.39 is 0 Å². The van der Waals surface area contributed by atoms with Crippen LogP contribution in [0, 0.1) is 13.8 Å². The fourth-order valence-electron chi connectivity index (χ4n) is 1.26. The normalized spacial score (nSPS) is 15.0. The van der Waals surface area contributed by atoms with Crippen LogP contribution in [0.5, 0.6) is 0 Å². The van der Waals surface area contributed by atoms with Crippen molar-refractivity contribution in [3.05, 3.63) is 34.9 Å². The largest absolute Gasteiger partial charge is 0.392 e. The van der Waals surface area contributed by atoms with Crippen molar-refractivity contribution in [2.75, 3.05) is 0 Å². The molecule has 0 aromatic heterocycles. The van der Waals surface area contributed by atoms with Crippen molar-refractivity contribution < 1.29 is 5.11 Å². The van der Waals surface area contributed by atoms with Gasteiger partial charge in [-0.3, -0.25) is 0 Å². The highest BCUT2D eigenvalue weighted by Gasteiger charge is 2.09. The monoisotopic (exact) mass is 224 g/mol. The number of thioether (sulfide) groups is 1. The Kier molecular flexibility index (Phi) is 4.68. The first kappa shape index (κ1) is 12.6. The molecule has 1 aromatic carbocycles. The molecule has 0 fully saturated rings. The van der Waals surface area contributed by atoms with Gasteiger partial charge in [0.1, 0.15) is 0 Å². The summed E-state index contributed by atoms with van der Waals surface area (Å²) in [6.07, 6.45) is -0.235. The van der Waals surface area contributed by atoms with Crippen molar-refractivity contribution in [3.8, 4) is 0 Å². The molecule has 0 aliphatic heterocycles. The van der Waals surface area contributed by atoms with Gasteiger partial charge in [0, 0.05) is 11.0 Å². The zero-order chi connectivity index (χ0) is 11.4. The summed E-state index contributed by atoms with van der Waals surface area (Å²) in [5, 5.41) is 9.67. The average Bonchev–Trinajstić information content (AvgIpc) is 2.19. The predicted octanol–water partition coefficient (Wildman–Crippen LogP) is 3.31. The molecule has 84 valence electrons. The van der Waals surface area contributed by atoms with E-state index in [1.807, 2.05) is 6.92 Å².